The molecule has 0 saturated heterocycles. The van der Waals surface area contributed by atoms with Crippen molar-refractivity contribution in [1.82, 2.24) is 0 Å². The minimum absolute atomic E-state index is 0.196. The Kier molecular flexibility index (Phi) is 2.25. The van der Waals surface area contributed by atoms with E-state index in [1.807, 2.05) is 0 Å². The zero-order valence-corrected chi connectivity index (χ0v) is 8.45. The minimum Gasteiger partial charge on any atom is -0.478 e. The first kappa shape index (κ1) is 9.80. The van der Waals surface area contributed by atoms with E-state index >= 15 is 0 Å². The van der Waals surface area contributed by atoms with Crippen molar-refractivity contribution < 1.29 is 9.90 Å². The molecule has 0 spiro atoms. The Bertz CT molecular complexity index is 546. The Morgan fingerprint density at radius 2 is 2.00 bits per heavy atom. The number of carboxylic acids is 1. The second kappa shape index (κ2) is 3.44. The molecule has 15 heavy (non-hydrogen) atoms. The van der Waals surface area contributed by atoms with Gasteiger partial charge in [-0.05, 0) is 35.0 Å². The van der Waals surface area contributed by atoms with E-state index < -0.39 is 5.97 Å². The smallest absolute Gasteiger partial charge is 0.336 e. The van der Waals surface area contributed by atoms with Crippen LogP contribution in [0.3, 0.4) is 0 Å². The maximum absolute atomic E-state index is 11.0. The molecule has 0 saturated carbocycles. The highest BCUT2D eigenvalue weighted by Crippen LogP contribution is 2.25. The zero-order valence-electron chi connectivity index (χ0n) is 7.70. The number of anilines is 1. The average Bonchev–Trinajstić information content (AvgIpc) is 2.15. The van der Waals surface area contributed by atoms with E-state index in [1.54, 1.807) is 24.3 Å². The second-order valence-electron chi connectivity index (χ2n) is 3.24. The van der Waals surface area contributed by atoms with Crippen molar-refractivity contribution in [1.29, 1.82) is 0 Å². The number of rotatable bonds is 1. The monoisotopic (exact) mass is 221 g/mol. The van der Waals surface area contributed by atoms with Crippen LogP contribution in [-0.2, 0) is 0 Å². The Hall–Kier alpha value is -1.74. The molecule has 0 aliphatic carbocycles. The Balaban J connectivity index is 2.86. The molecule has 0 aromatic heterocycles. The summed E-state index contributed by atoms with van der Waals surface area (Å²) in [6.45, 7) is 0. The molecular weight excluding hydrogens is 214 g/mol. The number of aromatic carboxylic acids is 1. The molecule has 3 nitrogen and oxygen atoms in total. The van der Waals surface area contributed by atoms with Gasteiger partial charge in [-0.15, -0.1) is 0 Å². The number of hydrogen-bond acceptors (Lipinski definition) is 2. The van der Waals surface area contributed by atoms with Gasteiger partial charge in [-0.3, -0.25) is 0 Å². The van der Waals surface area contributed by atoms with Gasteiger partial charge in [0.05, 0.1) is 5.56 Å². The molecule has 0 atom stereocenters. The lowest BCUT2D eigenvalue weighted by Crippen LogP contribution is -1.99. The lowest BCUT2D eigenvalue weighted by Gasteiger charge is -2.04. The minimum atomic E-state index is -0.991. The zero-order chi connectivity index (χ0) is 11.0. The third-order valence-corrected chi connectivity index (χ3v) is 2.40. The van der Waals surface area contributed by atoms with Gasteiger partial charge in [0.2, 0.25) is 0 Å². The standard InChI is InChI=1S/C11H8ClNO2/c12-7-1-2-9-6(3-7)4-8(13)5-10(9)11(14)15/h1-5H,13H2,(H,14,15). The quantitative estimate of drug-likeness (QED) is 0.728. The van der Waals surface area contributed by atoms with Crippen LogP contribution in [0.4, 0.5) is 5.69 Å². The molecule has 0 radical (unpaired) electrons. The summed E-state index contributed by atoms with van der Waals surface area (Å²) >= 11 is 5.81. The lowest BCUT2D eigenvalue weighted by atomic mass is 10.0. The first-order valence-electron chi connectivity index (χ1n) is 4.30. The topological polar surface area (TPSA) is 63.3 Å². The number of fused-ring (bicyclic) bond motifs is 1. The van der Waals surface area contributed by atoms with Gasteiger partial charge in [0.1, 0.15) is 0 Å². The molecule has 2 aromatic rings. The second-order valence-corrected chi connectivity index (χ2v) is 3.68. The van der Waals surface area contributed by atoms with Gasteiger partial charge in [-0.2, -0.15) is 0 Å². The first-order chi connectivity index (χ1) is 7.08. The Morgan fingerprint density at radius 3 is 2.67 bits per heavy atom. The molecule has 0 bridgehead atoms. The van der Waals surface area contributed by atoms with Gasteiger partial charge < -0.3 is 10.8 Å². The van der Waals surface area contributed by atoms with E-state index in [0.29, 0.717) is 16.1 Å². The first-order valence-corrected chi connectivity index (χ1v) is 4.68. The van der Waals surface area contributed by atoms with E-state index in [-0.39, 0.29) is 5.56 Å². The van der Waals surface area contributed by atoms with E-state index in [1.165, 1.54) is 6.07 Å². The summed E-state index contributed by atoms with van der Waals surface area (Å²) in [5.74, 6) is -0.991. The molecule has 76 valence electrons. The van der Waals surface area contributed by atoms with Crippen LogP contribution in [0.2, 0.25) is 5.02 Å². The normalized spacial score (nSPS) is 10.5. The third kappa shape index (κ3) is 1.74. The summed E-state index contributed by atoms with van der Waals surface area (Å²) in [5, 5.41) is 10.9. The maximum atomic E-state index is 11.0. The molecule has 0 unspecified atom stereocenters. The highest BCUT2D eigenvalue weighted by atomic mass is 35.5. The molecule has 0 amide bonds. The van der Waals surface area contributed by atoms with Gasteiger partial charge in [0.25, 0.3) is 0 Å². The van der Waals surface area contributed by atoms with Gasteiger partial charge >= 0.3 is 5.97 Å². The number of carboxylic acid groups (broad SMARTS) is 1. The average molecular weight is 222 g/mol. The van der Waals surface area contributed by atoms with Gasteiger partial charge in [-0.25, -0.2) is 4.79 Å². The van der Waals surface area contributed by atoms with Crippen LogP contribution in [0.1, 0.15) is 10.4 Å². The highest BCUT2D eigenvalue weighted by Gasteiger charge is 2.09. The summed E-state index contributed by atoms with van der Waals surface area (Å²) in [7, 11) is 0. The van der Waals surface area contributed by atoms with Crippen molar-refractivity contribution >= 4 is 34.0 Å². The Labute approximate surface area is 91.1 Å². The largest absolute Gasteiger partial charge is 0.478 e. The van der Waals surface area contributed by atoms with Crippen LogP contribution in [0.25, 0.3) is 10.8 Å². The van der Waals surface area contributed by atoms with Crippen LogP contribution in [0.5, 0.6) is 0 Å². The van der Waals surface area contributed by atoms with E-state index in [9.17, 15) is 4.79 Å². The van der Waals surface area contributed by atoms with Crippen molar-refractivity contribution in [2.75, 3.05) is 5.73 Å². The van der Waals surface area contributed by atoms with Gasteiger partial charge in [0, 0.05) is 10.7 Å². The molecular formula is C11H8ClNO2. The predicted octanol–water partition coefficient (Wildman–Crippen LogP) is 2.77. The number of carbonyl (C=O) groups is 1. The predicted molar refractivity (Wildman–Crippen MR) is 60.3 cm³/mol. The molecule has 0 aliphatic rings. The van der Waals surface area contributed by atoms with Crippen molar-refractivity contribution in [2.24, 2.45) is 0 Å². The molecule has 4 heteroatoms. The molecule has 0 aliphatic heterocycles. The molecule has 2 aromatic carbocycles. The number of benzene rings is 2. The summed E-state index contributed by atoms with van der Waals surface area (Å²) in [4.78, 5) is 11.0. The lowest BCUT2D eigenvalue weighted by molar-refractivity contribution is 0.0699. The molecule has 0 heterocycles. The summed E-state index contributed by atoms with van der Waals surface area (Å²) in [6.07, 6.45) is 0. The fourth-order valence-electron chi connectivity index (χ4n) is 1.54. The van der Waals surface area contributed by atoms with Crippen molar-refractivity contribution in [3.8, 4) is 0 Å². The van der Waals surface area contributed by atoms with Crippen molar-refractivity contribution in [3.05, 3.63) is 40.9 Å². The van der Waals surface area contributed by atoms with Crippen LogP contribution in [0, 0.1) is 0 Å². The van der Waals surface area contributed by atoms with E-state index in [0.717, 1.165) is 5.39 Å². The maximum Gasteiger partial charge on any atom is 0.336 e. The Morgan fingerprint density at radius 1 is 1.27 bits per heavy atom. The van der Waals surface area contributed by atoms with Crippen LogP contribution in [-0.4, -0.2) is 11.1 Å². The third-order valence-electron chi connectivity index (χ3n) is 2.17. The highest BCUT2D eigenvalue weighted by molar-refractivity contribution is 6.31. The van der Waals surface area contributed by atoms with Crippen molar-refractivity contribution in [3.63, 3.8) is 0 Å². The fourth-order valence-corrected chi connectivity index (χ4v) is 1.72. The number of halogens is 1. The molecule has 3 N–H and O–H groups in total. The van der Waals surface area contributed by atoms with Crippen molar-refractivity contribution in [2.45, 2.75) is 0 Å². The summed E-state index contributed by atoms with van der Waals surface area (Å²) in [6, 6.07) is 8.18. The summed E-state index contributed by atoms with van der Waals surface area (Å²) < 4.78 is 0. The van der Waals surface area contributed by atoms with Gasteiger partial charge in [0.15, 0.2) is 0 Å². The molecule has 2 rings (SSSR count). The fraction of sp³-hybridized carbons (Fsp3) is 0. The van der Waals surface area contributed by atoms with Crippen LogP contribution < -0.4 is 5.73 Å². The van der Waals surface area contributed by atoms with Crippen LogP contribution in [0.15, 0.2) is 30.3 Å². The number of hydrogen-bond donors (Lipinski definition) is 2. The van der Waals surface area contributed by atoms with E-state index in [2.05, 4.69) is 0 Å². The van der Waals surface area contributed by atoms with Gasteiger partial charge in [-0.1, -0.05) is 17.7 Å². The number of nitrogen functional groups attached to an aromatic ring is 1. The SMILES string of the molecule is Nc1cc(C(=O)O)c2ccc(Cl)cc2c1. The molecule has 0 fully saturated rings. The van der Waals surface area contributed by atoms with Crippen LogP contribution >= 0.6 is 11.6 Å². The van der Waals surface area contributed by atoms with E-state index in [4.69, 9.17) is 22.4 Å². The number of nitrogens with two attached hydrogens (primary N) is 1. The summed E-state index contributed by atoms with van der Waals surface area (Å²) in [5.41, 5.74) is 6.22.